The van der Waals surface area contributed by atoms with E-state index in [0.717, 1.165) is 0 Å². The summed E-state index contributed by atoms with van der Waals surface area (Å²) in [6.45, 7) is -0.00672. The highest BCUT2D eigenvalue weighted by Gasteiger charge is 2.13. The van der Waals surface area contributed by atoms with Crippen LogP contribution in [0, 0.1) is 0 Å². The van der Waals surface area contributed by atoms with E-state index in [-0.39, 0.29) is 12.3 Å². The first-order valence-electron chi connectivity index (χ1n) is 5.81. The summed E-state index contributed by atoms with van der Waals surface area (Å²) in [4.78, 5) is 0. The van der Waals surface area contributed by atoms with Crippen LogP contribution < -0.4 is 4.72 Å². The lowest BCUT2D eigenvalue weighted by Crippen LogP contribution is -2.30. The molecule has 0 aliphatic rings. The van der Waals surface area contributed by atoms with Gasteiger partial charge in [0.25, 0.3) is 0 Å². The number of benzene rings is 1. The monoisotopic (exact) mass is 291 g/mol. The average Bonchev–Trinajstić information content (AvgIpc) is 2.37. The molecule has 1 atom stereocenters. The Morgan fingerprint density at radius 3 is 2.50 bits per heavy atom. The highest BCUT2D eigenvalue weighted by molar-refractivity contribution is 7.89. The van der Waals surface area contributed by atoms with Crippen LogP contribution in [0.5, 0.6) is 0 Å². The van der Waals surface area contributed by atoms with Crippen molar-refractivity contribution in [3.8, 4) is 0 Å². The Kier molecular flexibility index (Phi) is 6.63. The van der Waals surface area contributed by atoms with Crippen LogP contribution in [-0.4, -0.2) is 31.7 Å². The summed E-state index contributed by atoms with van der Waals surface area (Å²) < 4.78 is 25.5. The molecule has 1 aromatic carbocycles. The van der Waals surface area contributed by atoms with Crippen molar-refractivity contribution >= 4 is 21.6 Å². The Bertz CT molecular complexity index is 436. The largest absolute Gasteiger partial charge is 0.387 e. The van der Waals surface area contributed by atoms with Crippen molar-refractivity contribution in [3.63, 3.8) is 0 Å². The Labute approximate surface area is 113 Å². The Hall–Kier alpha value is -0.620. The SMILES string of the molecule is O=S(=O)(CCCCCl)NCC(O)c1ccccc1. The van der Waals surface area contributed by atoms with E-state index in [1.54, 1.807) is 24.3 Å². The van der Waals surface area contributed by atoms with Gasteiger partial charge >= 0.3 is 0 Å². The van der Waals surface area contributed by atoms with Crippen LogP contribution in [0.1, 0.15) is 24.5 Å². The van der Waals surface area contributed by atoms with Gasteiger partial charge in [-0.25, -0.2) is 13.1 Å². The van der Waals surface area contributed by atoms with Gasteiger partial charge in [-0.1, -0.05) is 30.3 Å². The first-order chi connectivity index (χ1) is 8.55. The number of hydrogen-bond acceptors (Lipinski definition) is 3. The molecule has 0 fully saturated rings. The predicted molar refractivity (Wildman–Crippen MR) is 73.1 cm³/mol. The second-order valence-corrected chi connectivity index (χ2v) is 6.29. The molecule has 4 nitrogen and oxygen atoms in total. The number of unbranched alkanes of at least 4 members (excludes halogenated alkanes) is 1. The maximum atomic E-state index is 11.6. The molecule has 0 saturated heterocycles. The Morgan fingerprint density at radius 2 is 1.89 bits per heavy atom. The van der Waals surface area contributed by atoms with E-state index in [0.29, 0.717) is 24.3 Å². The standard InChI is InChI=1S/C12H18ClNO3S/c13-8-4-5-9-18(16,17)14-10-12(15)11-6-2-1-3-7-11/h1-3,6-7,12,14-15H,4-5,8-10H2. The maximum absolute atomic E-state index is 11.6. The van der Waals surface area contributed by atoms with Crippen LogP contribution in [-0.2, 0) is 10.0 Å². The average molecular weight is 292 g/mol. The molecule has 0 aliphatic heterocycles. The lowest BCUT2D eigenvalue weighted by atomic mass is 10.1. The molecule has 0 amide bonds. The fourth-order valence-corrected chi connectivity index (χ4v) is 2.79. The van der Waals surface area contributed by atoms with Crippen LogP contribution in [0.25, 0.3) is 0 Å². The summed E-state index contributed by atoms with van der Waals surface area (Å²) in [5.74, 6) is 0.503. The van der Waals surface area contributed by atoms with Gasteiger partial charge < -0.3 is 5.11 Å². The number of sulfonamides is 1. The molecule has 1 aromatic rings. The number of aliphatic hydroxyl groups excluding tert-OH is 1. The molecule has 102 valence electrons. The number of nitrogens with one attached hydrogen (secondary N) is 1. The van der Waals surface area contributed by atoms with Gasteiger partial charge in [-0.3, -0.25) is 0 Å². The van der Waals surface area contributed by atoms with Gasteiger partial charge in [-0.05, 0) is 18.4 Å². The van der Waals surface area contributed by atoms with E-state index < -0.39 is 16.1 Å². The summed E-state index contributed by atoms with van der Waals surface area (Å²) >= 11 is 5.48. The zero-order valence-electron chi connectivity index (χ0n) is 10.0. The Balaban J connectivity index is 2.40. The minimum absolute atomic E-state index is 0.00672. The lowest BCUT2D eigenvalue weighted by molar-refractivity contribution is 0.182. The molecule has 0 bridgehead atoms. The van der Waals surface area contributed by atoms with Crippen molar-refractivity contribution in [1.29, 1.82) is 0 Å². The summed E-state index contributed by atoms with van der Waals surface area (Å²) in [5.41, 5.74) is 0.695. The van der Waals surface area contributed by atoms with Gasteiger partial charge in [0, 0.05) is 12.4 Å². The smallest absolute Gasteiger partial charge is 0.211 e. The van der Waals surface area contributed by atoms with Crippen molar-refractivity contribution in [3.05, 3.63) is 35.9 Å². The van der Waals surface area contributed by atoms with Gasteiger partial charge in [-0.15, -0.1) is 11.6 Å². The molecule has 0 heterocycles. The molecule has 6 heteroatoms. The molecular formula is C12H18ClNO3S. The summed E-state index contributed by atoms with van der Waals surface area (Å²) in [7, 11) is -3.33. The summed E-state index contributed by atoms with van der Waals surface area (Å²) in [6.07, 6.45) is 0.373. The van der Waals surface area contributed by atoms with Crippen molar-refractivity contribution in [2.45, 2.75) is 18.9 Å². The highest BCUT2D eigenvalue weighted by Crippen LogP contribution is 2.11. The van der Waals surface area contributed by atoms with Gasteiger partial charge in [0.15, 0.2) is 0 Å². The van der Waals surface area contributed by atoms with Crippen LogP contribution >= 0.6 is 11.6 Å². The summed E-state index contributed by atoms with van der Waals surface area (Å²) in [6, 6.07) is 8.95. The minimum atomic E-state index is -3.33. The van der Waals surface area contributed by atoms with E-state index in [1.807, 2.05) is 6.07 Å². The molecule has 1 rings (SSSR count). The van der Waals surface area contributed by atoms with Crippen molar-refractivity contribution in [1.82, 2.24) is 4.72 Å². The van der Waals surface area contributed by atoms with Gasteiger partial charge in [0.05, 0.1) is 11.9 Å². The second-order valence-electron chi connectivity index (χ2n) is 3.99. The number of alkyl halides is 1. The summed E-state index contributed by atoms with van der Waals surface area (Å²) in [5, 5.41) is 9.81. The predicted octanol–water partition coefficient (Wildman–Crippen LogP) is 1.66. The van der Waals surface area contributed by atoms with Gasteiger partial charge in [0.1, 0.15) is 0 Å². The highest BCUT2D eigenvalue weighted by atomic mass is 35.5. The van der Waals surface area contributed by atoms with E-state index >= 15 is 0 Å². The third kappa shape index (κ3) is 5.82. The van der Waals surface area contributed by atoms with E-state index in [4.69, 9.17) is 11.6 Å². The topological polar surface area (TPSA) is 66.4 Å². The molecule has 1 unspecified atom stereocenters. The van der Waals surface area contributed by atoms with Crippen molar-refractivity contribution < 1.29 is 13.5 Å². The third-order valence-electron chi connectivity index (χ3n) is 2.48. The number of aliphatic hydroxyl groups is 1. The molecule has 0 aliphatic carbocycles. The molecule has 0 aromatic heterocycles. The number of halogens is 1. The molecule has 0 radical (unpaired) electrons. The van der Waals surface area contributed by atoms with E-state index in [9.17, 15) is 13.5 Å². The fraction of sp³-hybridized carbons (Fsp3) is 0.500. The van der Waals surface area contributed by atoms with E-state index in [2.05, 4.69) is 4.72 Å². The normalized spacial score (nSPS) is 13.4. The third-order valence-corrected chi connectivity index (χ3v) is 4.18. The first-order valence-corrected chi connectivity index (χ1v) is 8.00. The maximum Gasteiger partial charge on any atom is 0.211 e. The van der Waals surface area contributed by atoms with E-state index in [1.165, 1.54) is 0 Å². The molecular weight excluding hydrogens is 274 g/mol. The van der Waals surface area contributed by atoms with Crippen LogP contribution in [0.2, 0.25) is 0 Å². The molecule has 2 N–H and O–H groups in total. The molecule has 0 spiro atoms. The fourth-order valence-electron chi connectivity index (χ4n) is 1.46. The van der Waals surface area contributed by atoms with Crippen LogP contribution in [0.4, 0.5) is 0 Å². The second kappa shape index (κ2) is 7.74. The Morgan fingerprint density at radius 1 is 1.22 bits per heavy atom. The van der Waals surface area contributed by atoms with Crippen LogP contribution in [0.15, 0.2) is 30.3 Å². The molecule has 0 saturated carbocycles. The first kappa shape index (κ1) is 15.4. The van der Waals surface area contributed by atoms with Crippen molar-refractivity contribution in [2.75, 3.05) is 18.2 Å². The lowest BCUT2D eigenvalue weighted by Gasteiger charge is -2.12. The minimum Gasteiger partial charge on any atom is -0.387 e. The van der Waals surface area contributed by atoms with Gasteiger partial charge in [0.2, 0.25) is 10.0 Å². The zero-order chi connectivity index (χ0) is 13.4. The van der Waals surface area contributed by atoms with Gasteiger partial charge in [-0.2, -0.15) is 0 Å². The number of rotatable bonds is 8. The molecule has 18 heavy (non-hydrogen) atoms. The van der Waals surface area contributed by atoms with Crippen molar-refractivity contribution in [2.24, 2.45) is 0 Å². The zero-order valence-corrected chi connectivity index (χ0v) is 11.6. The van der Waals surface area contributed by atoms with Crippen LogP contribution in [0.3, 0.4) is 0 Å². The number of hydrogen-bond donors (Lipinski definition) is 2. The quantitative estimate of drug-likeness (QED) is 0.565.